The van der Waals surface area contributed by atoms with Gasteiger partial charge < -0.3 is 9.84 Å². The van der Waals surface area contributed by atoms with Gasteiger partial charge in [0.2, 0.25) is 0 Å². The van der Waals surface area contributed by atoms with Gasteiger partial charge in [-0.2, -0.15) is 0 Å². The molecule has 30 heavy (non-hydrogen) atoms. The highest BCUT2D eigenvalue weighted by Crippen LogP contribution is 2.62. The molecule has 4 nitrogen and oxygen atoms in total. The number of carbonyl (C=O) groups is 2. The van der Waals surface area contributed by atoms with Gasteiger partial charge in [0.1, 0.15) is 6.10 Å². The van der Waals surface area contributed by atoms with E-state index in [-0.39, 0.29) is 29.0 Å². The Bertz CT molecular complexity index is 733. The van der Waals surface area contributed by atoms with Crippen LogP contribution in [0.25, 0.3) is 0 Å². The van der Waals surface area contributed by atoms with Crippen molar-refractivity contribution in [2.75, 3.05) is 0 Å². The Morgan fingerprint density at radius 2 is 1.83 bits per heavy atom. The van der Waals surface area contributed by atoms with Gasteiger partial charge in [0.15, 0.2) is 11.5 Å². The van der Waals surface area contributed by atoms with Gasteiger partial charge in [0.25, 0.3) is 0 Å². The summed E-state index contributed by atoms with van der Waals surface area (Å²) in [4.78, 5) is 24.6. The Balaban J connectivity index is 1.24. The van der Waals surface area contributed by atoms with Gasteiger partial charge >= 0.3 is 5.97 Å². The first-order valence-electron chi connectivity index (χ1n) is 12.6. The quantitative estimate of drug-likeness (QED) is 0.582. The smallest absolute Gasteiger partial charge is 0.306 e. The van der Waals surface area contributed by atoms with Crippen molar-refractivity contribution in [1.29, 1.82) is 0 Å². The average molecular weight is 415 g/mol. The second-order valence-corrected chi connectivity index (χ2v) is 11.2. The van der Waals surface area contributed by atoms with Gasteiger partial charge in [-0.15, -0.1) is 0 Å². The standard InChI is InChI=1S/C26H38O4/c1-26-15-14-18-17-9-11-22(27)25(29)20(17)8-7-19(18)21(26)10-12-23(26)30-24(28)13-6-16-4-2-3-5-16/h16-19,21,23,29H,2-15H2,1H3/t17-,18+,19-,21+,23-,26-/m0/s1. The number of carbonyl (C=O) groups excluding carboxylic acids is 2. The first kappa shape index (κ1) is 20.6. The SMILES string of the molecule is C[C@]12CC[C@H]3[C@H](CCC4=C(O)C(=O)CC[C@H]43)[C@H]1CC[C@@H]2OC(=O)CCC1CCCC1. The molecule has 4 heteroatoms. The minimum absolute atomic E-state index is 0.0282. The third kappa shape index (κ3) is 3.42. The van der Waals surface area contributed by atoms with Crippen molar-refractivity contribution >= 4 is 11.8 Å². The third-order valence-electron chi connectivity index (χ3n) is 9.87. The van der Waals surface area contributed by atoms with Gasteiger partial charge in [-0.25, -0.2) is 0 Å². The molecule has 4 saturated carbocycles. The summed E-state index contributed by atoms with van der Waals surface area (Å²) in [6, 6.07) is 0. The van der Waals surface area contributed by atoms with Crippen molar-refractivity contribution in [1.82, 2.24) is 0 Å². The predicted octanol–water partition coefficient (Wildman–Crippen LogP) is 5.90. The largest absolute Gasteiger partial charge is 0.504 e. The molecule has 0 aromatic heterocycles. The number of aliphatic hydroxyl groups is 1. The number of esters is 1. The molecule has 0 spiro atoms. The number of ketones is 1. The fourth-order valence-corrected chi connectivity index (χ4v) is 8.25. The molecule has 0 bridgehead atoms. The lowest BCUT2D eigenvalue weighted by molar-refractivity contribution is -0.159. The topological polar surface area (TPSA) is 63.6 Å². The number of hydrogen-bond donors (Lipinski definition) is 1. The first-order valence-corrected chi connectivity index (χ1v) is 12.6. The van der Waals surface area contributed by atoms with Crippen LogP contribution >= 0.6 is 0 Å². The van der Waals surface area contributed by atoms with E-state index in [1.54, 1.807) is 0 Å². The highest BCUT2D eigenvalue weighted by molar-refractivity contribution is 5.94. The average Bonchev–Trinajstić information content (AvgIpc) is 3.37. The molecule has 0 aromatic rings. The Morgan fingerprint density at radius 1 is 1.03 bits per heavy atom. The molecule has 0 unspecified atom stereocenters. The second-order valence-electron chi connectivity index (χ2n) is 11.2. The molecule has 0 saturated heterocycles. The van der Waals surface area contributed by atoms with E-state index in [0.29, 0.717) is 36.5 Å². The molecule has 5 aliphatic rings. The summed E-state index contributed by atoms with van der Waals surface area (Å²) in [5, 5.41) is 10.3. The maximum Gasteiger partial charge on any atom is 0.306 e. The predicted molar refractivity (Wildman–Crippen MR) is 115 cm³/mol. The van der Waals surface area contributed by atoms with Crippen LogP contribution < -0.4 is 0 Å². The van der Waals surface area contributed by atoms with Crippen molar-refractivity contribution in [3.05, 3.63) is 11.3 Å². The Kier molecular flexibility index (Phi) is 5.48. The van der Waals surface area contributed by atoms with E-state index in [9.17, 15) is 14.7 Å². The van der Waals surface area contributed by atoms with Crippen LogP contribution in [-0.4, -0.2) is 23.0 Å². The van der Waals surface area contributed by atoms with Crippen LogP contribution in [0.1, 0.15) is 96.8 Å². The van der Waals surface area contributed by atoms with Crippen molar-refractivity contribution in [3.8, 4) is 0 Å². The zero-order valence-electron chi connectivity index (χ0n) is 18.5. The number of Topliss-reactive ketones (excluding diaryl/α,β-unsaturated/α-hetero) is 1. The van der Waals surface area contributed by atoms with Crippen molar-refractivity contribution in [2.24, 2.45) is 35.0 Å². The van der Waals surface area contributed by atoms with Crippen molar-refractivity contribution in [2.45, 2.75) is 103 Å². The van der Waals surface area contributed by atoms with E-state index in [1.807, 2.05) is 0 Å². The maximum atomic E-state index is 12.6. The van der Waals surface area contributed by atoms with E-state index >= 15 is 0 Å². The number of ether oxygens (including phenoxy) is 1. The lowest BCUT2D eigenvalue weighted by atomic mass is 9.52. The Hall–Kier alpha value is -1.32. The number of hydrogen-bond acceptors (Lipinski definition) is 4. The molecule has 5 aliphatic carbocycles. The molecular weight excluding hydrogens is 376 g/mol. The highest BCUT2D eigenvalue weighted by atomic mass is 16.5. The molecule has 0 heterocycles. The van der Waals surface area contributed by atoms with Gasteiger partial charge in [0.05, 0.1) is 0 Å². The summed E-state index contributed by atoms with van der Waals surface area (Å²) in [5.41, 5.74) is 1.17. The summed E-state index contributed by atoms with van der Waals surface area (Å²) < 4.78 is 6.13. The zero-order valence-corrected chi connectivity index (χ0v) is 18.5. The molecule has 0 aromatic carbocycles. The third-order valence-corrected chi connectivity index (χ3v) is 9.87. The lowest BCUT2D eigenvalue weighted by Crippen LogP contribution is -2.48. The Morgan fingerprint density at radius 3 is 2.63 bits per heavy atom. The number of allylic oxidation sites excluding steroid dienone is 1. The van der Waals surface area contributed by atoms with Gasteiger partial charge in [-0.1, -0.05) is 32.6 Å². The van der Waals surface area contributed by atoms with Crippen molar-refractivity contribution in [3.63, 3.8) is 0 Å². The molecule has 0 radical (unpaired) electrons. The summed E-state index contributed by atoms with van der Waals surface area (Å²) in [6.07, 6.45) is 14.7. The molecule has 4 fully saturated rings. The van der Waals surface area contributed by atoms with Crippen LogP contribution in [-0.2, 0) is 14.3 Å². The number of rotatable bonds is 4. The van der Waals surface area contributed by atoms with Crippen LogP contribution in [0.15, 0.2) is 11.3 Å². The fourth-order valence-electron chi connectivity index (χ4n) is 8.25. The van der Waals surface area contributed by atoms with Crippen LogP contribution in [0.2, 0.25) is 0 Å². The molecule has 1 N–H and O–H groups in total. The molecule has 5 rings (SSSR count). The van der Waals surface area contributed by atoms with Crippen LogP contribution in [0.4, 0.5) is 0 Å². The summed E-state index contributed by atoms with van der Waals surface area (Å²) >= 11 is 0. The molecule has 6 atom stereocenters. The number of aliphatic hydroxyl groups excluding tert-OH is 1. The highest BCUT2D eigenvalue weighted by Gasteiger charge is 2.57. The van der Waals surface area contributed by atoms with Crippen LogP contribution in [0.3, 0.4) is 0 Å². The van der Waals surface area contributed by atoms with Crippen LogP contribution in [0, 0.1) is 35.0 Å². The van der Waals surface area contributed by atoms with E-state index in [4.69, 9.17) is 4.74 Å². The normalized spacial score (nSPS) is 41.4. The van der Waals surface area contributed by atoms with Gasteiger partial charge in [-0.3, -0.25) is 9.59 Å². The lowest BCUT2D eigenvalue weighted by Gasteiger charge is -2.53. The molecule has 0 aliphatic heterocycles. The molecule has 0 amide bonds. The Labute approximate surface area is 180 Å². The van der Waals surface area contributed by atoms with Gasteiger partial charge in [-0.05, 0) is 86.5 Å². The summed E-state index contributed by atoms with van der Waals surface area (Å²) in [6.45, 7) is 2.38. The zero-order chi connectivity index (χ0) is 20.9. The maximum absolute atomic E-state index is 12.6. The summed E-state index contributed by atoms with van der Waals surface area (Å²) in [5.74, 6) is 3.08. The minimum atomic E-state index is -0.0502. The minimum Gasteiger partial charge on any atom is -0.504 e. The van der Waals surface area contributed by atoms with Gasteiger partial charge in [0, 0.05) is 18.3 Å². The van der Waals surface area contributed by atoms with Crippen molar-refractivity contribution < 1.29 is 19.4 Å². The first-order chi connectivity index (χ1) is 14.5. The van der Waals surface area contributed by atoms with Crippen LogP contribution in [0.5, 0.6) is 0 Å². The summed E-state index contributed by atoms with van der Waals surface area (Å²) in [7, 11) is 0. The second kappa shape index (κ2) is 7.98. The number of fused-ring (bicyclic) bond motifs is 5. The van der Waals surface area contributed by atoms with E-state index < -0.39 is 0 Å². The molecular formula is C26H38O4. The fraction of sp³-hybridized carbons (Fsp3) is 0.846. The van der Waals surface area contributed by atoms with E-state index in [2.05, 4.69) is 6.92 Å². The van der Waals surface area contributed by atoms with E-state index in [0.717, 1.165) is 62.9 Å². The molecule has 166 valence electrons. The van der Waals surface area contributed by atoms with E-state index in [1.165, 1.54) is 25.7 Å². The monoisotopic (exact) mass is 414 g/mol.